The highest BCUT2D eigenvalue weighted by atomic mass is 16.5. The van der Waals surface area contributed by atoms with Gasteiger partial charge in [0.05, 0.1) is 17.3 Å². The largest absolute Gasteiger partial charge is 0.442 e. The maximum absolute atomic E-state index is 12.9. The molecule has 2 aromatic heterocycles. The van der Waals surface area contributed by atoms with Gasteiger partial charge in [-0.2, -0.15) is 0 Å². The number of benzene rings is 1. The van der Waals surface area contributed by atoms with Crippen molar-refractivity contribution in [1.82, 2.24) is 29.9 Å². The second kappa shape index (κ2) is 10.6. The summed E-state index contributed by atoms with van der Waals surface area (Å²) in [6.45, 7) is 8.64. The number of nitrogens with one attached hydrogen (secondary N) is 1. The van der Waals surface area contributed by atoms with Crippen molar-refractivity contribution in [3.05, 3.63) is 71.3 Å². The van der Waals surface area contributed by atoms with Crippen LogP contribution in [0.4, 0.5) is 5.95 Å². The zero-order valence-corrected chi connectivity index (χ0v) is 22.9. The van der Waals surface area contributed by atoms with Gasteiger partial charge in [-0.15, -0.1) is 5.10 Å². The number of nitrogens with zero attached hydrogens (tertiary/aromatic N) is 6. The van der Waals surface area contributed by atoms with Gasteiger partial charge in [0, 0.05) is 48.6 Å². The van der Waals surface area contributed by atoms with Crippen LogP contribution in [-0.2, 0) is 39.3 Å². The molecule has 10 nitrogen and oxygen atoms in total. The molecule has 5 rings (SSSR count). The monoisotopic (exact) mass is 529 g/mol. The van der Waals surface area contributed by atoms with Crippen molar-refractivity contribution in [3.8, 4) is 0 Å². The van der Waals surface area contributed by atoms with Crippen LogP contribution in [0.15, 0.2) is 48.9 Å². The average Bonchev–Trinajstić information content (AvgIpc) is 3.64. The number of likely N-dealkylation sites (tertiary alicyclic amines) is 1. The Labute approximate surface area is 228 Å². The summed E-state index contributed by atoms with van der Waals surface area (Å²) >= 11 is 0. The molecule has 3 heterocycles. The van der Waals surface area contributed by atoms with Gasteiger partial charge < -0.3 is 15.0 Å². The second-order valence-electron chi connectivity index (χ2n) is 11.7. The first kappa shape index (κ1) is 26.5. The molecule has 1 saturated heterocycles. The summed E-state index contributed by atoms with van der Waals surface area (Å²) in [4.78, 5) is 35.6. The van der Waals surface area contributed by atoms with Crippen molar-refractivity contribution < 1.29 is 14.3 Å². The molecule has 0 bridgehead atoms. The highest BCUT2D eigenvalue weighted by molar-refractivity contribution is 5.92. The first-order valence-corrected chi connectivity index (χ1v) is 13.3. The van der Waals surface area contributed by atoms with E-state index in [1.807, 2.05) is 4.90 Å². The predicted molar refractivity (Wildman–Crippen MR) is 146 cm³/mol. The molecule has 204 valence electrons. The number of fused-ring (bicyclic) bond motifs is 1. The summed E-state index contributed by atoms with van der Waals surface area (Å²) in [7, 11) is 0. The van der Waals surface area contributed by atoms with Crippen LogP contribution in [0.3, 0.4) is 0 Å². The van der Waals surface area contributed by atoms with Crippen molar-refractivity contribution in [3.63, 3.8) is 0 Å². The van der Waals surface area contributed by atoms with Crippen LogP contribution < -0.4 is 5.32 Å². The Kier molecular flexibility index (Phi) is 7.20. The molecule has 1 aliphatic heterocycles. The van der Waals surface area contributed by atoms with E-state index in [0.29, 0.717) is 19.0 Å². The van der Waals surface area contributed by atoms with Crippen LogP contribution in [0.2, 0.25) is 0 Å². The van der Waals surface area contributed by atoms with Crippen LogP contribution in [-0.4, -0.2) is 60.9 Å². The SMILES string of the molecule is CC(C)(C)C(=O)OCn1cc(C2(C)CCN(C(=O)/C=C/c3cnc(NC4Cc5ccccc5C4)nc3)C2)nn1. The molecule has 3 aromatic rings. The summed E-state index contributed by atoms with van der Waals surface area (Å²) < 4.78 is 6.83. The van der Waals surface area contributed by atoms with E-state index in [0.717, 1.165) is 30.5 Å². The molecular formula is C29H35N7O3. The quantitative estimate of drug-likeness (QED) is 0.366. The van der Waals surface area contributed by atoms with Gasteiger partial charge in [0.1, 0.15) is 0 Å². The van der Waals surface area contributed by atoms with Crippen LogP contribution >= 0.6 is 0 Å². The highest BCUT2D eigenvalue weighted by Crippen LogP contribution is 2.33. The van der Waals surface area contributed by atoms with E-state index < -0.39 is 5.41 Å². The first-order valence-electron chi connectivity index (χ1n) is 13.3. The van der Waals surface area contributed by atoms with Crippen LogP contribution in [0, 0.1) is 5.41 Å². The fourth-order valence-electron chi connectivity index (χ4n) is 4.95. The van der Waals surface area contributed by atoms with E-state index in [-0.39, 0.29) is 30.1 Å². The molecule has 1 fully saturated rings. The fraction of sp³-hybridized carbons (Fsp3) is 0.448. The lowest BCUT2D eigenvalue weighted by Crippen LogP contribution is -2.32. The lowest BCUT2D eigenvalue weighted by Gasteiger charge is -2.21. The Balaban J connectivity index is 1.12. The molecule has 1 amide bonds. The Morgan fingerprint density at radius 1 is 1.15 bits per heavy atom. The lowest BCUT2D eigenvalue weighted by molar-refractivity contribution is -0.157. The third-order valence-electron chi connectivity index (χ3n) is 7.36. The molecule has 1 atom stereocenters. The number of hydrogen-bond donors (Lipinski definition) is 1. The summed E-state index contributed by atoms with van der Waals surface area (Å²) in [6.07, 6.45) is 11.2. The number of aromatic nitrogens is 5. The van der Waals surface area contributed by atoms with E-state index >= 15 is 0 Å². The lowest BCUT2D eigenvalue weighted by atomic mass is 9.86. The number of ether oxygens (including phenoxy) is 1. The Morgan fingerprint density at radius 3 is 2.51 bits per heavy atom. The number of esters is 1. The molecule has 1 aliphatic carbocycles. The van der Waals surface area contributed by atoms with Crippen molar-refractivity contribution in [2.24, 2.45) is 5.41 Å². The summed E-state index contributed by atoms with van der Waals surface area (Å²) in [5.41, 5.74) is 3.37. The predicted octanol–water partition coefficient (Wildman–Crippen LogP) is 3.40. The Morgan fingerprint density at radius 2 is 1.85 bits per heavy atom. The van der Waals surface area contributed by atoms with E-state index in [9.17, 15) is 9.59 Å². The normalized spacial score (nSPS) is 19.4. The molecule has 0 saturated carbocycles. The van der Waals surface area contributed by atoms with Gasteiger partial charge in [-0.1, -0.05) is 36.4 Å². The number of amides is 1. The summed E-state index contributed by atoms with van der Waals surface area (Å²) in [6, 6.07) is 8.77. The molecular weight excluding hydrogens is 494 g/mol. The minimum Gasteiger partial charge on any atom is -0.442 e. The van der Waals surface area contributed by atoms with Gasteiger partial charge in [0.25, 0.3) is 0 Å². The molecule has 1 unspecified atom stereocenters. The molecule has 1 N–H and O–H groups in total. The Hall–Kier alpha value is -4.08. The smallest absolute Gasteiger partial charge is 0.313 e. The van der Waals surface area contributed by atoms with Gasteiger partial charge in [-0.25, -0.2) is 14.6 Å². The highest BCUT2D eigenvalue weighted by Gasteiger charge is 2.39. The maximum Gasteiger partial charge on any atom is 0.313 e. The van der Waals surface area contributed by atoms with Crippen molar-refractivity contribution in [1.29, 1.82) is 0 Å². The van der Waals surface area contributed by atoms with Gasteiger partial charge in [-0.3, -0.25) is 9.59 Å². The molecule has 10 heteroatoms. The minimum absolute atomic E-state index is 0.00918. The average molecular weight is 530 g/mol. The number of anilines is 1. The first-order chi connectivity index (χ1) is 18.6. The van der Waals surface area contributed by atoms with Crippen molar-refractivity contribution in [2.75, 3.05) is 18.4 Å². The van der Waals surface area contributed by atoms with Crippen molar-refractivity contribution in [2.45, 2.75) is 65.1 Å². The van der Waals surface area contributed by atoms with Crippen LogP contribution in [0.5, 0.6) is 0 Å². The third kappa shape index (κ3) is 6.16. The van der Waals surface area contributed by atoms with E-state index in [1.165, 1.54) is 15.8 Å². The molecule has 0 radical (unpaired) electrons. The second-order valence-corrected chi connectivity index (χ2v) is 11.7. The summed E-state index contributed by atoms with van der Waals surface area (Å²) in [5.74, 6) is 0.218. The van der Waals surface area contributed by atoms with Gasteiger partial charge in [-0.05, 0) is 57.2 Å². The van der Waals surface area contributed by atoms with E-state index in [4.69, 9.17) is 4.74 Å². The van der Waals surface area contributed by atoms with E-state index in [2.05, 4.69) is 56.8 Å². The molecule has 0 spiro atoms. The molecule has 1 aromatic carbocycles. The number of carbonyl (C=O) groups excluding carboxylic acids is 2. The zero-order valence-electron chi connectivity index (χ0n) is 22.9. The van der Waals surface area contributed by atoms with Crippen LogP contribution in [0.1, 0.15) is 56.5 Å². The minimum atomic E-state index is -0.580. The van der Waals surface area contributed by atoms with Gasteiger partial charge >= 0.3 is 5.97 Å². The maximum atomic E-state index is 12.9. The standard InChI is InChI=1S/C29H35N7O3/c1-28(2,3)26(38)39-19-36-17-24(33-34-36)29(4)11-12-35(18-29)25(37)10-9-20-15-30-27(31-16-20)32-23-13-21-7-5-6-8-22(21)14-23/h5-10,15-17,23H,11-14,18-19H2,1-4H3,(H,30,31,32)/b10-9+. The Bertz CT molecular complexity index is 1350. The van der Waals surface area contributed by atoms with Crippen LogP contribution in [0.25, 0.3) is 6.08 Å². The van der Waals surface area contributed by atoms with Crippen molar-refractivity contribution >= 4 is 23.9 Å². The fourth-order valence-corrected chi connectivity index (χ4v) is 4.95. The number of rotatable bonds is 7. The third-order valence-corrected chi connectivity index (χ3v) is 7.36. The zero-order chi connectivity index (χ0) is 27.6. The topological polar surface area (TPSA) is 115 Å². The summed E-state index contributed by atoms with van der Waals surface area (Å²) in [5, 5.41) is 11.8. The number of hydrogen-bond acceptors (Lipinski definition) is 8. The molecule has 39 heavy (non-hydrogen) atoms. The van der Waals surface area contributed by atoms with E-state index in [1.54, 1.807) is 51.5 Å². The molecule has 2 aliphatic rings. The number of carbonyl (C=O) groups is 2. The van der Waals surface area contributed by atoms with Gasteiger partial charge in [0.15, 0.2) is 6.73 Å². The van der Waals surface area contributed by atoms with Gasteiger partial charge in [0.2, 0.25) is 11.9 Å².